The van der Waals surface area contributed by atoms with Crippen molar-refractivity contribution in [3.05, 3.63) is 0 Å². The van der Waals surface area contributed by atoms with Crippen LogP contribution in [0.3, 0.4) is 0 Å². The maximum Gasteiger partial charge on any atom is 0.208 e. The summed E-state index contributed by atoms with van der Waals surface area (Å²) < 4.78 is 14.9. The van der Waals surface area contributed by atoms with Crippen LogP contribution in [0.4, 0.5) is 0 Å². The van der Waals surface area contributed by atoms with E-state index in [9.17, 15) is 0 Å². The first kappa shape index (κ1) is 11.2. The topological polar surface area (TPSA) is 27.7 Å². The second-order valence-electron chi connectivity index (χ2n) is 2.28. The Labute approximate surface area is 72.7 Å². The van der Waals surface area contributed by atoms with E-state index in [1.807, 2.05) is 13.8 Å². The van der Waals surface area contributed by atoms with Crippen molar-refractivity contribution in [2.24, 2.45) is 0 Å². The summed E-state index contributed by atoms with van der Waals surface area (Å²) in [5, 5.41) is 0. The molecule has 0 spiro atoms. The molecule has 1 unspecified atom stereocenters. The molecule has 3 nitrogen and oxygen atoms in total. The van der Waals surface area contributed by atoms with Crippen LogP contribution in [0.25, 0.3) is 0 Å². The molecule has 0 heterocycles. The standard InChI is InChI=1S/C7H15ClO3/c1-4-9-6-7(3,11-8)10-5-2/h4-6H2,1-3H3. The van der Waals surface area contributed by atoms with Crippen LogP contribution in [0.5, 0.6) is 0 Å². The minimum atomic E-state index is -0.813. The van der Waals surface area contributed by atoms with Gasteiger partial charge in [-0.05, 0) is 20.8 Å². The molecule has 0 rings (SSSR count). The van der Waals surface area contributed by atoms with E-state index in [-0.39, 0.29) is 0 Å². The molecule has 0 aromatic rings. The average molecular weight is 183 g/mol. The van der Waals surface area contributed by atoms with Gasteiger partial charge in [-0.15, -0.1) is 0 Å². The fraction of sp³-hybridized carbons (Fsp3) is 1.00. The fourth-order valence-corrected chi connectivity index (χ4v) is 0.768. The minimum absolute atomic E-state index is 0.348. The summed E-state index contributed by atoms with van der Waals surface area (Å²) in [5.41, 5.74) is 0. The Morgan fingerprint density at radius 1 is 1.27 bits per heavy atom. The molecule has 0 amide bonds. The molecule has 0 saturated carbocycles. The number of ether oxygens (including phenoxy) is 2. The quantitative estimate of drug-likeness (QED) is 0.588. The van der Waals surface area contributed by atoms with Crippen LogP contribution in [0.2, 0.25) is 0 Å². The third-order valence-corrected chi connectivity index (χ3v) is 1.51. The first-order valence-corrected chi connectivity index (χ1v) is 4.00. The van der Waals surface area contributed by atoms with Gasteiger partial charge in [0, 0.05) is 13.2 Å². The largest absolute Gasteiger partial charge is 0.376 e. The van der Waals surface area contributed by atoms with E-state index in [0.29, 0.717) is 19.8 Å². The van der Waals surface area contributed by atoms with Gasteiger partial charge in [-0.2, -0.15) is 0 Å². The SMILES string of the molecule is CCOCC(C)(OCl)OCC. The molecule has 0 saturated heterocycles. The number of rotatable bonds is 6. The highest BCUT2D eigenvalue weighted by Gasteiger charge is 2.25. The van der Waals surface area contributed by atoms with Crippen molar-refractivity contribution in [2.75, 3.05) is 19.8 Å². The van der Waals surface area contributed by atoms with Crippen LogP contribution in [0.1, 0.15) is 20.8 Å². The third kappa shape index (κ3) is 4.58. The molecule has 68 valence electrons. The van der Waals surface area contributed by atoms with E-state index >= 15 is 0 Å². The lowest BCUT2D eigenvalue weighted by atomic mass is 10.3. The van der Waals surface area contributed by atoms with Crippen molar-refractivity contribution in [3.63, 3.8) is 0 Å². The summed E-state index contributed by atoms with van der Waals surface area (Å²) in [5.74, 6) is -0.813. The van der Waals surface area contributed by atoms with Crippen LogP contribution in [-0.4, -0.2) is 25.6 Å². The van der Waals surface area contributed by atoms with Gasteiger partial charge < -0.3 is 9.47 Å². The average Bonchev–Trinajstić information content (AvgIpc) is 2.02. The molecule has 0 aliphatic carbocycles. The van der Waals surface area contributed by atoms with Crippen molar-refractivity contribution in [2.45, 2.75) is 26.6 Å². The molecule has 0 fully saturated rings. The van der Waals surface area contributed by atoms with Crippen LogP contribution >= 0.6 is 11.9 Å². The second kappa shape index (κ2) is 5.77. The highest BCUT2D eigenvalue weighted by atomic mass is 35.5. The van der Waals surface area contributed by atoms with Crippen molar-refractivity contribution < 1.29 is 13.8 Å². The third-order valence-electron chi connectivity index (χ3n) is 1.18. The van der Waals surface area contributed by atoms with Crippen molar-refractivity contribution >= 4 is 11.9 Å². The summed E-state index contributed by atoms with van der Waals surface area (Å²) in [6.07, 6.45) is 0. The molecule has 1 atom stereocenters. The predicted molar refractivity (Wildman–Crippen MR) is 43.5 cm³/mol. The van der Waals surface area contributed by atoms with Gasteiger partial charge in [-0.25, -0.2) is 4.29 Å². The summed E-state index contributed by atoms with van der Waals surface area (Å²) in [6.45, 7) is 7.04. The van der Waals surface area contributed by atoms with Gasteiger partial charge in [0.15, 0.2) is 0 Å². The van der Waals surface area contributed by atoms with E-state index in [2.05, 4.69) is 4.29 Å². The van der Waals surface area contributed by atoms with Crippen LogP contribution in [-0.2, 0) is 13.8 Å². The molecule has 0 aromatic heterocycles. The van der Waals surface area contributed by atoms with E-state index in [0.717, 1.165) is 0 Å². The molecule has 0 aliphatic rings. The monoisotopic (exact) mass is 182 g/mol. The predicted octanol–water partition coefficient (Wildman–Crippen LogP) is 1.95. The van der Waals surface area contributed by atoms with Gasteiger partial charge in [0.05, 0.1) is 11.9 Å². The zero-order valence-corrected chi connectivity index (χ0v) is 7.98. The van der Waals surface area contributed by atoms with Crippen molar-refractivity contribution in [1.29, 1.82) is 0 Å². The molecule has 0 N–H and O–H groups in total. The molecule has 0 aromatic carbocycles. The molecule has 11 heavy (non-hydrogen) atoms. The first-order valence-electron chi connectivity index (χ1n) is 3.70. The summed E-state index contributed by atoms with van der Waals surface area (Å²) in [7, 11) is 0. The lowest BCUT2D eigenvalue weighted by molar-refractivity contribution is -0.196. The van der Waals surface area contributed by atoms with Gasteiger partial charge in [0.25, 0.3) is 0 Å². The fourth-order valence-electron chi connectivity index (χ4n) is 0.679. The maximum absolute atomic E-state index is 5.22. The molecular weight excluding hydrogens is 168 g/mol. The second-order valence-corrected chi connectivity index (χ2v) is 2.44. The summed E-state index contributed by atoms with van der Waals surface area (Å²) in [6, 6.07) is 0. The van der Waals surface area contributed by atoms with E-state index in [1.54, 1.807) is 6.92 Å². The van der Waals surface area contributed by atoms with Crippen molar-refractivity contribution in [1.82, 2.24) is 0 Å². The Morgan fingerprint density at radius 3 is 2.27 bits per heavy atom. The Hall–Kier alpha value is 0.170. The van der Waals surface area contributed by atoms with E-state index in [1.165, 1.54) is 0 Å². The number of halogens is 1. The Bertz CT molecular complexity index is 99.7. The van der Waals surface area contributed by atoms with Crippen LogP contribution in [0, 0.1) is 0 Å². The molecule has 4 heteroatoms. The summed E-state index contributed by atoms with van der Waals surface area (Å²) in [4.78, 5) is 0. The molecular formula is C7H15ClO3. The van der Waals surface area contributed by atoms with E-state index < -0.39 is 5.79 Å². The van der Waals surface area contributed by atoms with Gasteiger partial charge in [0.2, 0.25) is 5.79 Å². The molecule has 0 radical (unpaired) electrons. The lowest BCUT2D eigenvalue weighted by Crippen LogP contribution is -2.35. The van der Waals surface area contributed by atoms with E-state index in [4.69, 9.17) is 21.3 Å². The van der Waals surface area contributed by atoms with Gasteiger partial charge >= 0.3 is 0 Å². The highest BCUT2D eigenvalue weighted by molar-refractivity contribution is 6.07. The Kier molecular flexibility index (Phi) is 5.86. The zero-order chi connectivity index (χ0) is 8.74. The minimum Gasteiger partial charge on any atom is -0.376 e. The molecule has 0 bridgehead atoms. The number of hydrogen-bond donors (Lipinski definition) is 0. The van der Waals surface area contributed by atoms with Crippen LogP contribution < -0.4 is 0 Å². The first-order chi connectivity index (χ1) is 5.18. The molecule has 0 aliphatic heterocycles. The van der Waals surface area contributed by atoms with Crippen molar-refractivity contribution in [3.8, 4) is 0 Å². The number of hydrogen-bond acceptors (Lipinski definition) is 3. The smallest absolute Gasteiger partial charge is 0.208 e. The highest BCUT2D eigenvalue weighted by Crippen LogP contribution is 2.14. The zero-order valence-electron chi connectivity index (χ0n) is 7.22. The van der Waals surface area contributed by atoms with Crippen LogP contribution in [0.15, 0.2) is 0 Å². The lowest BCUT2D eigenvalue weighted by Gasteiger charge is -2.24. The van der Waals surface area contributed by atoms with Gasteiger partial charge in [-0.1, -0.05) is 0 Å². The maximum atomic E-state index is 5.22. The Morgan fingerprint density at radius 2 is 1.91 bits per heavy atom. The van der Waals surface area contributed by atoms with Gasteiger partial charge in [-0.3, -0.25) is 0 Å². The summed E-state index contributed by atoms with van der Waals surface area (Å²) >= 11 is 5.22. The Balaban J connectivity index is 3.68. The normalized spacial score (nSPS) is 16.4. The van der Waals surface area contributed by atoms with Gasteiger partial charge in [0.1, 0.15) is 6.61 Å².